The molecular formula is C10H16O. The summed E-state index contributed by atoms with van der Waals surface area (Å²) in [4.78, 5) is 0. The summed E-state index contributed by atoms with van der Waals surface area (Å²) in [5.74, 6) is 0. The highest BCUT2D eigenvalue weighted by molar-refractivity contribution is 5.05. The summed E-state index contributed by atoms with van der Waals surface area (Å²) in [6.07, 6.45) is 11.1. The van der Waals surface area contributed by atoms with Crippen LogP contribution in [-0.2, 0) is 4.74 Å². The topological polar surface area (TPSA) is 12.5 Å². The fraction of sp³-hybridized carbons (Fsp3) is 0.800. The molecule has 1 nitrogen and oxygen atoms in total. The van der Waals surface area contributed by atoms with E-state index in [2.05, 4.69) is 6.08 Å². The molecular weight excluding hydrogens is 136 g/mol. The molecule has 0 aromatic heterocycles. The van der Waals surface area contributed by atoms with Gasteiger partial charge in [-0.05, 0) is 38.5 Å². The van der Waals surface area contributed by atoms with Crippen molar-refractivity contribution in [2.24, 2.45) is 0 Å². The van der Waals surface area contributed by atoms with Gasteiger partial charge >= 0.3 is 0 Å². The highest BCUT2D eigenvalue weighted by atomic mass is 16.6. The molecule has 62 valence electrons. The van der Waals surface area contributed by atoms with Crippen LogP contribution in [-0.4, -0.2) is 12.7 Å². The minimum Gasteiger partial charge on any atom is -0.373 e. The van der Waals surface area contributed by atoms with Crippen molar-refractivity contribution in [2.75, 3.05) is 6.61 Å². The Morgan fingerprint density at radius 1 is 1.36 bits per heavy atom. The third-order valence-corrected chi connectivity index (χ3v) is 2.57. The van der Waals surface area contributed by atoms with Gasteiger partial charge in [-0.2, -0.15) is 0 Å². The summed E-state index contributed by atoms with van der Waals surface area (Å²) in [6.45, 7) is 1.02. The predicted molar refractivity (Wildman–Crippen MR) is 45.5 cm³/mol. The van der Waals surface area contributed by atoms with Gasteiger partial charge in [0.05, 0.1) is 12.7 Å². The first-order chi connectivity index (χ1) is 5.45. The van der Waals surface area contributed by atoms with E-state index in [0.29, 0.717) is 6.10 Å². The molecule has 0 aromatic rings. The van der Waals surface area contributed by atoms with Crippen molar-refractivity contribution in [1.82, 2.24) is 0 Å². The van der Waals surface area contributed by atoms with Crippen LogP contribution in [0.4, 0.5) is 0 Å². The van der Waals surface area contributed by atoms with Crippen LogP contribution < -0.4 is 0 Å². The number of allylic oxidation sites excluding steroid dienone is 2. The number of hydrogen-bond donors (Lipinski definition) is 0. The maximum absolute atomic E-state index is 5.14. The van der Waals surface area contributed by atoms with Crippen molar-refractivity contribution in [3.63, 3.8) is 0 Å². The van der Waals surface area contributed by atoms with Crippen molar-refractivity contribution < 1.29 is 4.74 Å². The lowest BCUT2D eigenvalue weighted by Gasteiger charge is -1.93. The highest BCUT2D eigenvalue weighted by Gasteiger charge is 2.20. The Hall–Kier alpha value is -0.300. The number of epoxide rings is 1. The van der Waals surface area contributed by atoms with E-state index < -0.39 is 0 Å². The minimum absolute atomic E-state index is 0.619. The Kier molecular flexibility index (Phi) is 2.27. The van der Waals surface area contributed by atoms with Gasteiger partial charge in [0.15, 0.2) is 0 Å². The molecule has 2 fully saturated rings. The first-order valence-electron chi connectivity index (χ1n) is 4.74. The van der Waals surface area contributed by atoms with Crippen LogP contribution in [0.2, 0.25) is 0 Å². The van der Waals surface area contributed by atoms with E-state index in [9.17, 15) is 0 Å². The fourth-order valence-electron chi connectivity index (χ4n) is 1.74. The third kappa shape index (κ3) is 2.33. The number of ether oxygens (including phenoxy) is 1. The molecule has 0 spiro atoms. The summed E-state index contributed by atoms with van der Waals surface area (Å²) in [6, 6.07) is 0. The normalized spacial score (nSPS) is 29.1. The van der Waals surface area contributed by atoms with E-state index in [4.69, 9.17) is 4.74 Å². The van der Waals surface area contributed by atoms with Crippen LogP contribution in [0.5, 0.6) is 0 Å². The van der Waals surface area contributed by atoms with Gasteiger partial charge in [0.25, 0.3) is 0 Å². The Bertz CT molecular complexity index is 148. The minimum atomic E-state index is 0.619. The van der Waals surface area contributed by atoms with Crippen LogP contribution in [0, 0.1) is 0 Å². The monoisotopic (exact) mass is 152 g/mol. The SMILES string of the molecule is C(CCC1CO1)=C1CCCC1. The molecule has 2 rings (SSSR count). The first kappa shape index (κ1) is 7.35. The zero-order chi connectivity index (χ0) is 7.52. The molecule has 11 heavy (non-hydrogen) atoms. The van der Waals surface area contributed by atoms with Crippen molar-refractivity contribution in [3.8, 4) is 0 Å². The van der Waals surface area contributed by atoms with E-state index in [1.54, 1.807) is 5.57 Å². The van der Waals surface area contributed by atoms with Gasteiger partial charge in [-0.3, -0.25) is 0 Å². The number of rotatable bonds is 3. The summed E-state index contributed by atoms with van der Waals surface area (Å²) >= 11 is 0. The summed E-state index contributed by atoms with van der Waals surface area (Å²) in [5.41, 5.74) is 1.70. The molecule has 1 saturated carbocycles. The maximum atomic E-state index is 5.14. The lowest BCUT2D eigenvalue weighted by molar-refractivity contribution is 0.398. The quantitative estimate of drug-likeness (QED) is 0.447. The van der Waals surface area contributed by atoms with Gasteiger partial charge in [0.2, 0.25) is 0 Å². The van der Waals surface area contributed by atoms with E-state index >= 15 is 0 Å². The van der Waals surface area contributed by atoms with E-state index in [1.165, 1.54) is 38.5 Å². The average Bonchev–Trinajstić information content (AvgIpc) is 2.66. The van der Waals surface area contributed by atoms with Crippen LogP contribution in [0.15, 0.2) is 11.6 Å². The Morgan fingerprint density at radius 2 is 2.09 bits per heavy atom. The molecule has 2 aliphatic rings. The Labute approximate surface area is 68.4 Å². The van der Waals surface area contributed by atoms with Crippen LogP contribution >= 0.6 is 0 Å². The molecule has 1 saturated heterocycles. The van der Waals surface area contributed by atoms with Gasteiger partial charge in [0.1, 0.15) is 0 Å². The standard InChI is InChI=1S/C10H16O/c1-2-5-9(4-1)6-3-7-10-8-11-10/h6,10H,1-5,7-8H2. The molecule has 1 unspecified atom stereocenters. The van der Waals surface area contributed by atoms with Gasteiger partial charge in [-0.1, -0.05) is 11.6 Å². The molecule has 1 aliphatic heterocycles. The van der Waals surface area contributed by atoms with Crippen LogP contribution in [0.3, 0.4) is 0 Å². The van der Waals surface area contributed by atoms with E-state index in [-0.39, 0.29) is 0 Å². The Balaban J connectivity index is 1.65. The molecule has 0 radical (unpaired) electrons. The predicted octanol–water partition coefficient (Wildman–Crippen LogP) is 2.67. The number of hydrogen-bond acceptors (Lipinski definition) is 1. The van der Waals surface area contributed by atoms with Gasteiger partial charge in [-0.15, -0.1) is 0 Å². The molecule has 0 N–H and O–H groups in total. The van der Waals surface area contributed by atoms with Gasteiger partial charge < -0.3 is 4.74 Å². The van der Waals surface area contributed by atoms with Crippen molar-refractivity contribution >= 4 is 0 Å². The Morgan fingerprint density at radius 3 is 2.73 bits per heavy atom. The van der Waals surface area contributed by atoms with E-state index in [0.717, 1.165) is 6.61 Å². The average molecular weight is 152 g/mol. The molecule has 0 amide bonds. The molecule has 1 heterocycles. The lowest BCUT2D eigenvalue weighted by atomic mass is 10.1. The summed E-state index contributed by atoms with van der Waals surface area (Å²) < 4.78 is 5.14. The first-order valence-corrected chi connectivity index (χ1v) is 4.74. The second-order valence-corrected chi connectivity index (χ2v) is 3.60. The molecule has 0 aromatic carbocycles. The smallest absolute Gasteiger partial charge is 0.0812 e. The van der Waals surface area contributed by atoms with Crippen molar-refractivity contribution in [1.29, 1.82) is 0 Å². The third-order valence-electron chi connectivity index (χ3n) is 2.57. The zero-order valence-corrected chi connectivity index (χ0v) is 7.01. The lowest BCUT2D eigenvalue weighted by Crippen LogP contribution is -1.82. The van der Waals surface area contributed by atoms with Crippen LogP contribution in [0.25, 0.3) is 0 Å². The zero-order valence-electron chi connectivity index (χ0n) is 7.01. The van der Waals surface area contributed by atoms with Crippen molar-refractivity contribution in [2.45, 2.75) is 44.6 Å². The van der Waals surface area contributed by atoms with E-state index in [1.807, 2.05) is 0 Å². The van der Waals surface area contributed by atoms with Crippen molar-refractivity contribution in [3.05, 3.63) is 11.6 Å². The summed E-state index contributed by atoms with van der Waals surface area (Å²) in [7, 11) is 0. The summed E-state index contributed by atoms with van der Waals surface area (Å²) in [5, 5.41) is 0. The van der Waals surface area contributed by atoms with Gasteiger partial charge in [-0.25, -0.2) is 0 Å². The second-order valence-electron chi connectivity index (χ2n) is 3.60. The van der Waals surface area contributed by atoms with Crippen LogP contribution in [0.1, 0.15) is 38.5 Å². The molecule has 1 aliphatic carbocycles. The maximum Gasteiger partial charge on any atom is 0.0812 e. The second kappa shape index (κ2) is 3.40. The molecule has 1 atom stereocenters. The largest absolute Gasteiger partial charge is 0.373 e. The molecule has 0 bridgehead atoms. The van der Waals surface area contributed by atoms with Gasteiger partial charge in [0, 0.05) is 0 Å². The fourth-order valence-corrected chi connectivity index (χ4v) is 1.74. The highest BCUT2D eigenvalue weighted by Crippen LogP contribution is 2.25. The molecule has 1 heteroatoms.